The molecular weight excluding hydrogens is 585 g/mol. The van der Waals surface area contributed by atoms with Crippen molar-refractivity contribution in [3.8, 4) is 34.2 Å². The number of aryl methyl sites for hydroxylation is 2. The molecule has 230 valence electrons. The van der Waals surface area contributed by atoms with Crippen LogP contribution < -0.4 is 0 Å². The highest BCUT2D eigenvalue weighted by Gasteiger charge is 2.22. The molecule has 0 atom stereocenters. The Kier molecular flexibility index (Phi) is 6.68. The van der Waals surface area contributed by atoms with Crippen LogP contribution in [0.5, 0.6) is 0 Å². The van der Waals surface area contributed by atoms with E-state index in [0.717, 1.165) is 58.0 Å². The molecule has 0 aliphatic rings. The van der Waals surface area contributed by atoms with Crippen LogP contribution in [0.25, 0.3) is 77.8 Å². The van der Waals surface area contributed by atoms with Gasteiger partial charge >= 0.3 is 0 Å². The van der Waals surface area contributed by atoms with Crippen LogP contribution >= 0.6 is 0 Å². The number of para-hydroxylation sites is 3. The van der Waals surface area contributed by atoms with Gasteiger partial charge in [-0.3, -0.25) is 4.57 Å². The minimum absolute atomic E-state index is 0.718. The van der Waals surface area contributed by atoms with Gasteiger partial charge in [0.1, 0.15) is 5.82 Å². The molecule has 0 aliphatic carbocycles. The Morgan fingerprint density at radius 2 is 1.08 bits per heavy atom. The Balaban J connectivity index is 1.38. The monoisotopic (exact) mass is 618 g/mol. The van der Waals surface area contributed by atoms with Crippen molar-refractivity contribution in [1.82, 2.24) is 19.1 Å². The molecule has 3 heterocycles. The number of nitrogens with zero attached hydrogens (tertiary/aromatic N) is 4. The lowest BCUT2D eigenvalue weighted by atomic mass is 10.1. The van der Waals surface area contributed by atoms with E-state index in [1.54, 1.807) is 0 Å². The molecule has 0 unspecified atom stereocenters. The maximum Gasteiger partial charge on any atom is 0.162 e. The molecule has 0 radical (unpaired) electrons. The van der Waals surface area contributed by atoms with Crippen LogP contribution in [0.1, 0.15) is 25.0 Å². The fourth-order valence-corrected chi connectivity index (χ4v) is 7.23. The van der Waals surface area contributed by atoms with Crippen molar-refractivity contribution >= 4 is 43.6 Å². The van der Waals surface area contributed by atoms with Crippen LogP contribution in [0.2, 0.25) is 0 Å². The molecule has 6 aromatic carbocycles. The summed E-state index contributed by atoms with van der Waals surface area (Å²) in [6.07, 6.45) is 1.99. The maximum absolute atomic E-state index is 5.31. The van der Waals surface area contributed by atoms with E-state index in [1.165, 1.54) is 43.7 Å². The zero-order chi connectivity index (χ0) is 32.2. The lowest BCUT2D eigenvalue weighted by molar-refractivity contribution is 1.05. The van der Waals surface area contributed by atoms with E-state index in [2.05, 4.69) is 169 Å². The molecule has 0 amide bonds. The van der Waals surface area contributed by atoms with Crippen LogP contribution in [-0.4, -0.2) is 19.1 Å². The van der Waals surface area contributed by atoms with Crippen LogP contribution in [0.3, 0.4) is 0 Å². The summed E-state index contributed by atoms with van der Waals surface area (Å²) in [6.45, 7) is 4.37. The van der Waals surface area contributed by atoms with Gasteiger partial charge in [0.15, 0.2) is 5.82 Å². The average Bonchev–Trinajstić information content (AvgIpc) is 3.68. The quantitative estimate of drug-likeness (QED) is 0.186. The van der Waals surface area contributed by atoms with E-state index in [4.69, 9.17) is 9.97 Å². The lowest BCUT2D eigenvalue weighted by Crippen LogP contribution is -2.02. The zero-order valence-electron chi connectivity index (χ0n) is 27.1. The van der Waals surface area contributed by atoms with E-state index in [0.29, 0.717) is 0 Å². The van der Waals surface area contributed by atoms with Crippen LogP contribution in [-0.2, 0) is 12.8 Å². The van der Waals surface area contributed by atoms with Crippen molar-refractivity contribution in [2.75, 3.05) is 0 Å². The summed E-state index contributed by atoms with van der Waals surface area (Å²) in [7, 11) is 0. The molecule has 4 heteroatoms. The largest absolute Gasteiger partial charge is 0.309 e. The van der Waals surface area contributed by atoms with Crippen molar-refractivity contribution in [1.29, 1.82) is 0 Å². The van der Waals surface area contributed by atoms with E-state index in [9.17, 15) is 0 Å². The number of rotatable bonds is 6. The van der Waals surface area contributed by atoms with Crippen LogP contribution in [0, 0.1) is 0 Å². The predicted octanol–water partition coefficient (Wildman–Crippen LogP) is 11.1. The molecule has 0 aliphatic heterocycles. The molecule has 0 bridgehead atoms. The Labute approximate surface area is 279 Å². The summed E-state index contributed by atoms with van der Waals surface area (Å²) in [5.41, 5.74) is 11.4. The summed E-state index contributed by atoms with van der Waals surface area (Å²) in [6, 6.07) is 52.3. The first-order valence-corrected chi connectivity index (χ1v) is 16.8. The van der Waals surface area contributed by atoms with Crippen LogP contribution in [0.15, 0.2) is 146 Å². The minimum Gasteiger partial charge on any atom is -0.309 e. The molecule has 3 aromatic heterocycles. The predicted molar refractivity (Wildman–Crippen MR) is 200 cm³/mol. The van der Waals surface area contributed by atoms with Crippen molar-refractivity contribution in [3.05, 3.63) is 157 Å². The summed E-state index contributed by atoms with van der Waals surface area (Å²) in [4.78, 5) is 10.5. The van der Waals surface area contributed by atoms with Gasteiger partial charge in [0.25, 0.3) is 0 Å². The fraction of sp³-hybridized carbons (Fsp3) is 0.0909. The van der Waals surface area contributed by atoms with E-state index in [1.807, 2.05) is 0 Å². The van der Waals surface area contributed by atoms with Crippen molar-refractivity contribution in [3.63, 3.8) is 0 Å². The number of hydrogen-bond donors (Lipinski definition) is 0. The number of aromatic nitrogens is 4. The Morgan fingerprint density at radius 1 is 0.479 bits per heavy atom. The van der Waals surface area contributed by atoms with Gasteiger partial charge < -0.3 is 4.57 Å². The second-order valence-corrected chi connectivity index (χ2v) is 12.4. The topological polar surface area (TPSA) is 35.6 Å². The van der Waals surface area contributed by atoms with Crippen molar-refractivity contribution in [2.24, 2.45) is 0 Å². The van der Waals surface area contributed by atoms with Crippen molar-refractivity contribution < 1.29 is 0 Å². The molecule has 9 aromatic rings. The lowest BCUT2D eigenvalue weighted by Gasteiger charge is -2.13. The van der Waals surface area contributed by atoms with Gasteiger partial charge in [-0.2, -0.15) is 0 Å². The SMILES string of the molecule is CCc1ccc(-c2cc(-n3c4ccccc4c4c3ccc3c5ccccc5n(-c5ccccc5)c34)nc(-c3ccc(CC)cc3)n2)cc1. The third-order valence-corrected chi connectivity index (χ3v) is 9.70. The normalized spacial score (nSPS) is 11.7. The number of hydrogen-bond acceptors (Lipinski definition) is 2. The van der Waals surface area contributed by atoms with Gasteiger partial charge in [0.05, 0.1) is 27.8 Å². The maximum atomic E-state index is 5.31. The smallest absolute Gasteiger partial charge is 0.162 e. The van der Waals surface area contributed by atoms with E-state index >= 15 is 0 Å². The molecule has 9 rings (SSSR count). The van der Waals surface area contributed by atoms with E-state index < -0.39 is 0 Å². The molecule has 4 nitrogen and oxygen atoms in total. The molecule has 0 saturated heterocycles. The molecule has 0 spiro atoms. The molecule has 0 fully saturated rings. The van der Waals surface area contributed by atoms with Gasteiger partial charge in [-0.15, -0.1) is 0 Å². The minimum atomic E-state index is 0.718. The summed E-state index contributed by atoms with van der Waals surface area (Å²) >= 11 is 0. The Hall–Kier alpha value is -6.00. The third-order valence-electron chi connectivity index (χ3n) is 9.70. The zero-order valence-corrected chi connectivity index (χ0v) is 27.1. The highest BCUT2D eigenvalue weighted by Crippen LogP contribution is 2.42. The number of benzene rings is 6. The standard InChI is InChI=1S/C44H34N4/c1-3-29-18-22-31(23-19-29)37-28-41(46-44(45-37)32-24-20-30(4-2)21-25-32)48-39-17-11-9-15-36(39)42-40(48)27-26-35-34-14-8-10-16-38(34)47(43(35)42)33-12-6-5-7-13-33/h5-28H,3-4H2,1-2H3. The fourth-order valence-electron chi connectivity index (χ4n) is 7.23. The Morgan fingerprint density at radius 3 is 1.77 bits per heavy atom. The van der Waals surface area contributed by atoms with Gasteiger partial charge in [0, 0.05) is 44.4 Å². The highest BCUT2D eigenvalue weighted by molar-refractivity contribution is 6.26. The molecule has 0 saturated carbocycles. The van der Waals surface area contributed by atoms with Crippen LogP contribution in [0.4, 0.5) is 0 Å². The summed E-state index contributed by atoms with van der Waals surface area (Å²) < 4.78 is 4.75. The molecular formula is C44H34N4. The molecule has 0 N–H and O–H groups in total. The van der Waals surface area contributed by atoms with Crippen molar-refractivity contribution in [2.45, 2.75) is 26.7 Å². The first-order chi connectivity index (χ1) is 23.7. The first-order valence-electron chi connectivity index (χ1n) is 16.8. The highest BCUT2D eigenvalue weighted by atomic mass is 15.1. The average molecular weight is 619 g/mol. The van der Waals surface area contributed by atoms with Gasteiger partial charge in [-0.25, -0.2) is 9.97 Å². The van der Waals surface area contributed by atoms with Gasteiger partial charge in [-0.05, 0) is 54.3 Å². The second kappa shape index (κ2) is 11.4. The van der Waals surface area contributed by atoms with Gasteiger partial charge in [0.2, 0.25) is 0 Å². The summed E-state index contributed by atoms with van der Waals surface area (Å²) in [5, 5.41) is 4.89. The molecule has 48 heavy (non-hydrogen) atoms. The Bertz CT molecular complexity index is 2540. The van der Waals surface area contributed by atoms with E-state index in [-0.39, 0.29) is 0 Å². The summed E-state index contributed by atoms with van der Waals surface area (Å²) in [5.74, 6) is 1.57. The number of fused-ring (bicyclic) bond motifs is 7. The van der Waals surface area contributed by atoms with Gasteiger partial charge in [-0.1, -0.05) is 123 Å². The second-order valence-electron chi connectivity index (χ2n) is 12.4. The first kappa shape index (κ1) is 28.2. The third kappa shape index (κ3) is 4.44.